The third-order valence-electron chi connectivity index (χ3n) is 5.61. The molecule has 0 atom stereocenters. The Morgan fingerprint density at radius 3 is 2.05 bits per heavy atom. The lowest BCUT2D eigenvalue weighted by Gasteiger charge is -2.20. The van der Waals surface area contributed by atoms with Crippen LogP contribution in [-0.4, -0.2) is 12.7 Å². The van der Waals surface area contributed by atoms with Crippen molar-refractivity contribution < 1.29 is 4.39 Å². The van der Waals surface area contributed by atoms with Crippen molar-refractivity contribution in [2.24, 2.45) is 11.1 Å². The summed E-state index contributed by atoms with van der Waals surface area (Å²) in [7, 11) is 0. The maximum atomic E-state index is 11.0. The highest BCUT2D eigenvalue weighted by Gasteiger charge is 2.13. The lowest BCUT2D eigenvalue weighted by molar-refractivity contribution is 0.391. The van der Waals surface area contributed by atoms with E-state index in [9.17, 15) is 4.39 Å². The molecule has 3 heteroatoms. The first-order valence-electron chi connectivity index (χ1n) is 15.8. The Balaban J connectivity index is 0. The van der Waals surface area contributed by atoms with Crippen LogP contribution in [0.25, 0.3) is 11.3 Å². The lowest BCUT2D eigenvalue weighted by atomic mass is 9.86. The predicted molar refractivity (Wildman–Crippen MR) is 196 cm³/mol. The van der Waals surface area contributed by atoms with Crippen LogP contribution in [0.1, 0.15) is 100 Å². The average molecular weight is 589 g/mol. The zero-order valence-electron chi connectivity index (χ0n) is 29.1. The molecule has 43 heavy (non-hydrogen) atoms. The molecule has 0 radical (unpaired) electrons. The number of nitrogens with two attached hydrogens (primary N) is 1. The normalized spacial score (nSPS) is 12.3. The fraction of sp³-hybridized carbons (Fsp3) is 0.400. The van der Waals surface area contributed by atoms with E-state index in [1.807, 2.05) is 76.3 Å². The van der Waals surface area contributed by atoms with Crippen LogP contribution in [-0.2, 0) is 0 Å². The minimum absolute atomic E-state index is 0.142. The molecule has 2 aromatic rings. The summed E-state index contributed by atoms with van der Waals surface area (Å²) < 4.78 is 11.0. The first-order valence-corrected chi connectivity index (χ1v) is 15.8. The third kappa shape index (κ3) is 20.9. The third-order valence-corrected chi connectivity index (χ3v) is 5.61. The number of allylic oxidation sites excluding steroid dienone is 9. The van der Waals surface area contributed by atoms with Gasteiger partial charge in [0.15, 0.2) is 0 Å². The highest BCUT2D eigenvalue weighted by atomic mass is 19.1. The van der Waals surface area contributed by atoms with E-state index in [4.69, 9.17) is 5.73 Å². The van der Waals surface area contributed by atoms with E-state index in [0.717, 1.165) is 36.3 Å². The summed E-state index contributed by atoms with van der Waals surface area (Å²) in [5.74, 6) is 0. The molecule has 0 bridgehead atoms. The fourth-order valence-corrected chi connectivity index (χ4v) is 3.59. The Bertz CT molecular complexity index is 1150. The monoisotopic (exact) mass is 588 g/mol. The van der Waals surface area contributed by atoms with Crippen LogP contribution in [0.2, 0.25) is 0 Å². The van der Waals surface area contributed by atoms with Crippen molar-refractivity contribution in [2.45, 2.75) is 95.2 Å². The number of alkyl halides is 1. The molecule has 0 fully saturated rings. The molecule has 3 N–H and O–H groups in total. The molecular weight excluding hydrogens is 527 g/mol. The van der Waals surface area contributed by atoms with Crippen LogP contribution < -0.4 is 11.1 Å². The van der Waals surface area contributed by atoms with Gasteiger partial charge >= 0.3 is 0 Å². The zero-order chi connectivity index (χ0) is 33.3. The highest BCUT2D eigenvalue weighted by Crippen LogP contribution is 2.26. The van der Waals surface area contributed by atoms with E-state index in [-0.39, 0.29) is 5.41 Å². The van der Waals surface area contributed by atoms with Gasteiger partial charge in [-0.3, -0.25) is 0 Å². The van der Waals surface area contributed by atoms with Crippen molar-refractivity contribution in [2.75, 3.05) is 11.9 Å². The van der Waals surface area contributed by atoms with Gasteiger partial charge in [0.25, 0.3) is 0 Å². The topological polar surface area (TPSA) is 38.0 Å². The Kier molecular flexibility index (Phi) is 24.1. The van der Waals surface area contributed by atoms with Gasteiger partial charge in [-0.15, -0.1) is 0 Å². The van der Waals surface area contributed by atoms with E-state index >= 15 is 0 Å². The molecule has 0 aromatic heterocycles. The van der Waals surface area contributed by atoms with Gasteiger partial charge in [0, 0.05) is 17.9 Å². The molecule has 0 spiro atoms. The molecule has 0 aliphatic heterocycles. The molecule has 0 saturated heterocycles. The van der Waals surface area contributed by atoms with Crippen LogP contribution in [0.3, 0.4) is 0 Å². The van der Waals surface area contributed by atoms with Crippen LogP contribution >= 0.6 is 0 Å². The van der Waals surface area contributed by atoms with Crippen molar-refractivity contribution in [3.63, 3.8) is 0 Å². The molecule has 0 amide bonds. The Hall–Kier alpha value is -3.59. The first kappa shape index (κ1) is 41.5. The van der Waals surface area contributed by atoms with Crippen molar-refractivity contribution in [3.05, 3.63) is 126 Å². The molecule has 0 saturated carbocycles. The smallest absolute Gasteiger partial charge is 0.0945 e. The van der Waals surface area contributed by atoms with Crippen LogP contribution in [0.4, 0.5) is 10.1 Å². The lowest BCUT2D eigenvalue weighted by Crippen LogP contribution is -2.09. The SMILES string of the molecule is C=C/C(=C\CNc1cccc(C2=CCCC=C2)c1)C(C)(C)C.CC.CC.CC(C)=C/C=C(\N)c1ccccc1.CC(C)F. The number of anilines is 1. The van der Waals surface area contributed by atoms with E-state index in [0.29, 0.717) is 0 Å². The minimum Gasteiger partial charge on any atom is -0.398 e. The zero-order valence-corrected chi connectivity index (χ0v) is 29.1. The number of hydrogen-bond acceptors (Lipinski definition) is 2. The van der Waals surface area contributed by atoms with Gasteiger partial charge in [0.05, 0.1) is 6.17 Å². The van der Waals surface area contributed by atoms with E-state index in [2.05, 4.69) is 95.1 Å². The second-order valence-electron chi connectivity index (χ2n) is 11.0. The summed E-state index contributed by atoms with van der Waals surface area (Å²) in [6.45, 7) is 26.5. The van der Waals surface area contributed by atoms with E-state index in [1.165, 1.54) is 36.1 Å². The molecule has 238 valence electrons. The molecule has 1 aliphatic carbocycles. The number of halogens is 1. The van der Waals surface area contributed by atoms with Gasteiger partial charge in [-0.05, 0) is 86.4 Å². The summed E-state index contributed by atoms with van der Waals surface area (Å²) in [6, 6.07) is 18.6. The summed E-state index contributed by atoms with van der Waals surface area (Å²) in [5, 5.41) is 3.49. The molecule has 2 nitrogen and oxygen atoms in total. The molecule has 0 heterocycles. The Morgan fingerprint density at radius 1 is 0.953 bits per heavy atom. The molecule has 1 aliphatic rings. The maximum absolute atomic E-state index is 11.0. The number of hydrogen-bond donors (Lipinski definition) is 2. The highest BCUT2D eigenvalue weighted by molar-refractivity contribution is 5.76. The number of benzene rings is 2. The van der Waals surface area contributed by atoms with Crippen LogP contribution in [0, 0.1) is 5.41 Å². The van der Waals surface area contributed by atoms with Crippen molar-refractivity contribution in [1.82, 2.24) is 0 Å². The first-order chi connectivity index (χ1) is 20.4. The van der Waals surface area contributed by atoms with Crippen molar-refractivity contribution >= 4 is 17.0 Å². The summed E-state index contributed by atoms with van der Waals surface area (Å²) in [5.41, 5.74) is 14.2. The molecule has 3 rings (SSSR count). The predicted octanol–water partition coefficient (Wildman–Crippen LogP) is 12.4. The second kappa shape index (κ2) is 25.0. The fourth-order valence-electron chi connectivity index (χ4n) is 3.59. The quantitative estimate of drug-likeness (QED) is 0.316. The number of rotatable bonds is 7. The van der Waals surface area contributed by atoms with Crippen molar-refractivity contribution in [3.8, 4) is 0 Å². The van der Waals surface area contributed by atoms with Gasteiger partial charge in [-0.25, -0.2) is 4.39 Å². The molecule has 0 unspecified atom stereocenters. The second-order valence-corrected chi connectivity index (χ2v) is 11.0. The standard InChI is InChI=1S/C21H27N.C12H15N.C3H7F.2C2H6/c1-5-19(21(2,3)4)14-15-22-20-13-9-12-18(16-20)17-10-7-6-8-11-17;1-10(2)8-9-12(13)11-6-4-3-5-7-11;1-3(2)4;2*1-2/h5,7,9-14,16,22H,1,6,8,15H2,2-4H3;3-9H,13H2,1-2H3;3H,1-2H3;2*1-2H3/b19-14+;12-9-;;;. The summed E-state index contributed by atoms with van der Waals surface area (Å²) in [6.07, 6.45) is 16.5. The van der Waals surface area contributed by atoms with Gasteiger partial charge in [-0.2, -0.15) is 0 Å². The van der Waals surface area contributed by atoms with Gasteiger partial charge in [-0.1, -0.05) is 140 Å². The maximum Gasteiger partial charge on any atom is 0.0945 e. The van der Waals surface area contributed by atoms with E-state index < -0.39 is 6.17 Å². The average Bonchev–Trinajstić information content (AvgIpc) is 3.00. The molecule has 2 aromatic carbocycles. The van der Waals surface area contributed by atoms with Crippen LogP contribution in [0.15, 0.2) is 115 Å². The van der Waals surface area contributed by atoms with Gasteiger partial charge in [0.1, 0.15) is 0 Å². The van der Waals surface area contributed by atoms with Crippen molar-refractivity contribution in [1.29, 1.82) is 0 Å². The summed E-state index contributed by atoms with van der Waals surface area (Å²) >= 11 is 0. The van der Waals surface area contributed by atoms with Crippen LogP contribution in [0.5, 0.6) is 0 Å². The Labute approximate surface area is 265 Å². The summed E-state index contributed by atoms with van der Waals surface area (Å²) in [4.78, 5) is 0. The minimum atomic E-state index is -0.667. The van der Waals surface area contributed by atoms with Gasteiger partial charge in [0.2, 0.25) is 0 Å². The van der Waals surface area contributed by atoms with Gasteiger partial charge < -0.3 is 11.1 Å². The Morgan fingerprint density at radius 2 is 1.56 bits per heavy atom. The number of nitrogens with one attached hydrogen (secondary N) is 1. The molecular formula is C40H61FN2. The largest absolute Gasteiger partial charge is 0.398 e. The van der Waals surface area contributed by atoms with E-state index in [1.54, 1.807) is 0 Å².